The van der Waals surface area contributed by atoms with E-state index in [2.05, 4.69) is 31.7 Å². The maximum Gasteiger partial charge on any atom is 0.210 e. The lowest BCUT2D eigenvalue weighted by atomic mass is 10.3. The molecule has 1 aromatic rings. The van der Waals surface area contributed by atoms with Crippen LogP contribution in [0.1, 0.15) is 25.7 Å². The Kier molecular flexibility index (Phi) is 4.71. The monoisotopic (exact) mass is 332 g/mol. The Labute approximate surface area is 118 Å². The van der Waals surface area contributed by atoms with Crippen molar-refractivity contribution in [1.82, 2.24) is 5.43 Å². The molecule has 0 heterocycles. The Hall–Kier alpha value is -1.21. The number of aliphatic imine (C=N–C) groups is 1. The van der Waals surface area contributed by atoms with Crippen molar-refractivity contribution in [3.8, 4) is 0 Å². The van der Waals surface area contributed by atoms with Gasteiger partial charge in [-0.25, -0.2) is 19.6 Å². The average molecular weight is 333 g/mol. The van der Waals surface area contributed by atoms with Crippen LogP contribution in [0.2, 0.25) is 0 Å². The highest BCUT2D eigenvalue weighted by molar-refractivity contribution is 9.10. The van der Waals surface area contributed by atoms with E-state index in [0.29, 0.717) is 0 Å². The van der Waals surface area contributed by atoms with Crippen LogP contribution in [0.15, 0.2) is 21.6 Å². The first-order valence-electron chi connectivity index (χ1n) is 6.06. The van der Waals surface area contributed by atoms with Gasteiger partial charge in [-0.05, 0) is 34.8 Å². The zero-order valence-corrected chi connectivity index (χ0v) is 11.8. The summed E-state index contributed by atoms with van der Waals surface area (Å²) in [5.74, 6) is 4.46. The highest BCUT2D eigenvalue weighted by atomic mass is 79.9. The van der Waals surface area contributed by atoms with Gasteiger partial charge in [0.15, 0.2) is 0 Å². The molecule has 0 aromatic heterocycles. The van der Waals surface area contributed by atoms with Crippen molar-refractivity contribution in [3.63, 3.8) is 0 Å². The molecule has 4 N–H and O–H groups in total. The third-order valence-electron chi connectivity index (χ3n) is 3.04. The van der Waals surface area contributed by atoms with Crippen LogP contribution in [0.4, 0.5) is 14.5 Å². The molecule has 0 spiro atoms. The van der Waals surface area contributed by atoms with Crippen LogP contribution in [0.3, 0.4) is 0 Å². The molecule has 1 aliphatic rings. The summed E-state index contributed by atoms with van der Waals surface area (Å²) in [6, 6.07) is 2.30. The highest BCUT2D eigenvalue weighted by Gasteiger charge is 2.15. The topological polar surface area (TPSA) is 62.4 Å². The molecule has 0 amide bonds. The molecule has 1 aromatic carbocycles. The standard InChI is InChI=1S/C12H15BrF2N4/c13-8-5-10(15)11(6-9(8)14)18-12(19-16)17-7-3-1-2-4-7/h5-7H,1-4,16H2,(H2,17,18,19). The molecule has 19 heavy (non-hydrogen) atoms. The van der Waals surface area contributed by atoms with Crippen LogP contribution in [-0.4, -0.2) is 12.0 Å². The lowest BCUT2D eigenvalue weighted by molar-refractivity contribution is 0.597. The summed E-state index contributed by atoms with van der Waals surface area (Å²) >= 11 is 2.92. The van der Waals surface area contributed by atoms with Crippen LogP contribution >= 0.6 is 15.9 Å². The van der Waals surface area contributed by atoms with Crippen molar-refractivity contribution >= 4 is 27.6 Å². The molecular weight excluding hydrogens is 318 g/mol. The molecule has 104 valence electrons. The van der Waals surface area contributed by atoms with Crippen molar-refractivity contribution in [2.24, 2.45) is 10.8 Å². The molecule has 0 aliphatic heterocycles. The molecule has 0 radical (unpaired) electrons. The Morgan fingerprint density at radius 1 is 1.26 bits per heavy atom. The van der Waals surface area contributed by atoms with E-state index < -0.39 is 11.6 Å². The van der Waals surface area contributed by atoms with Crippen molar-refractivity contribution in [2.45, 2.75) is 31.7 Å². The van der Waals surface area contributed by atoms with Crippen molar-refractivity contribution in [3.05, 3.63) is 28.2 Å². The molecule has 0 bridgehead atoms. The van der Waals surface area contributed by atoms with Gasteiger partial charge in [-0.15, -0.1) is 0 Å². The molecule has 2 rings (SSSR count). The Balaban J connectivity index is 2.15. The van der Waals surface area contributed by atoms with Crippen LogP contribution < -0.4 is 16.6 Å². The van der Waals surface area contributed by atoms with Crippen molar-refractivity contribution in [1.29, 1.82) is 0 Å². The van der Waals surface area contributed by atoms with E-state index in [0.717, 1.165) is 37.8 Å². The van der Waals surface area contributed by atoms with E-state index in [4.69, 9.17) is 5.84 Å². The third kappa shape index (κ3) is 3.63. The van der Waals surface area contributed by atoms with Gasteiger partial charge >= 0.3 is 0 Å². The number of nitrogens with zero attached hydrogens (tertiary/aromatic N) is 1. The lowest BCUT2D eigenvalue weighted by Crippen LogP contribution is -2.37. The first kappa shape index (κ1) is 14.2. The SMILES string of the molecule is NNC(=NC1CCCC1)Nc1cc(F)c(Br)cc1F. The summed E-state index contributed by atoms with van der Waals surface area (Å²) in [4.78, 5) is 4.35. The zero-order chi connectivity index (χ0) is 13.8. The normalized spacial score (nSPS) is 16.7. The molecule has 1 aliphatic carbocycles. The average Bonchev–Trinajstić information content (AvgIpc) is 2.87. The van der Waals surface area contributed by atoms with Crippen LogP contribution in [0, 0.1) is 11.6 Å². The lowest BCUT2D eigenvalue weighted by Gasteiger charge is -2.12. The smallest absolute Gasteiger partial charge is 0.210 e. The Morgan fingerprint density at radius 3 is 2.58 bits per heavy atom. The third-order valence-corrected chi connectivity index (χ3v) is 3.64. The van der Waals surface area contributed by atoms with Gasteiger partial charge in [-0.2, -0.15) is 0 Å². The van der Waals surface area contributed by atoms with E-state index in [1.54, 1.807) is 0 Å². The predicted octanol–water partition coefficient (Wildman–Crippen LogP) is 2.90. The summed E-state index contributed by atoms with van der Waals surface area (Å²) in [6.07, 6.45) is 4.24. The van der Waals surface area contributed by atoms with Gasteiger partial charge in [0.05, 0.1) is 16.2 Å². The maximum atomic E-state index is 13.7. The predicted molar refractivity (Wildman–Crippen MR) is 74.7 cm³/mol. The molecule has 7 heteroatoms. The quantitative estimate of drug-likeness (QED) is 0.256. The van der Waals surface area contributed by atoms with Crippen molar-refractivity contribution < 1.29 is 8.78 Å². The minimum absolute atomic E-state index is 0.00426. The fraction of sp³-hybridized carbons (Fsp3) is 0.417. The van der Waals surface area contributed by atoms with Gasteiger partial charge in [-0.1, -0.05) is 12.8 Å². The molecule has 1 fully saturated rings. The molecule has 0 atom stereocenters. The second-order valence-electron chi connectivity index (χ2n) is 4.43. The summed E-state index contributed by atoms with van der Waals surface area (Å²) in [7, 11) is 0. The van der Waals surface area contributed by atoms with Gasteiger partial charge in [0.25, 0.3) is 0 Å². The largest absolute Gasteiger partial charge is 0.323 e. The van der Waals surface area contributed by atoms with E-state index in [9.17, 15) is 8.78 Å². The van der Waals surface area contributed by atoms with E-state index in [1.807, 2.05) is 0 Å². The number of benzene rings is 1. The summed E-state index contributed by atoms with van der Waals surface area (Å²) in [5.41, 5.74) is 2.37. The van der Waals surface area contributed by atoms with E-state index >= 15 is 0 Å². The summed E-state index contributed by atoms with van der Waals surface area (Å²) < 4.78 is 27.1. The van der Waals surface area contributed by atoms with Gasteiger partial charge in [0.1, 0.15) is 11.6 Å². The highest BCUT2D eigenvalue weighted by Crippen LogP contribution is 2.24. The molecule has 4 nitrogen and oxygen atoms in total. The summed E-state index contributed by atoms with van der Waals surface area (Å²) in [6.45, 7) is 0. The Bertz CT molecular complexity index is 487. The number of rotatable bonds is 2. The minimum Gasteiger partial charge on any atom is -0.323 e. The molecule has 0 saturated heterocycles. The van der Waals surface area contributed by atoms with Gasteiger partial charge in [-0.3, -0.25) is 5.43 Å². The van der Waals surface area contributed by atoms with Crippen LogP contribution in [0.5, 0.6) is 0 Å². The summed E-state index contributed by atoms with van der Waals surface area (Å²) in [5, 5.41) is 2.67. The van der Waals surface area contributed by atoms with Crippen molar-refractivity contribution in [2.75, 3.05) is 5.32 Å². The number of halogens is 3. The number of nitrogens with one attached hydrogen (secondary N) is 2. The fourth-order valence-corrected chi connectivity index (χ4v) is 2.38. The van der Waals surface area contributed by atoms with Gasteiger partial charge in [0, 0.05) is 6.07 Å². The first-order chi connectivity index (χ1) is 9.10. The minimum atomic E-state index is -0.581. The van der Waals surface area contributed by atoms with Crippen LogP contribution in [0.25, 0.3) is 0 Å². The van der Waals surface area contributed by atoms with Gasteiger partial charge < -0.3 is 5.32 Å². The van der Waals surface area contributed by atoms with E-state index in [1.165, 1.54) is 0 Å². The molecule has 1 saturated carbocycles. The number of nitrogens with two attached hydrogens (primary N) is 1. The second-order valence-corrected chi connectivity index (χ2v) is 5.29. The van der Waals surface area contributed by atoms with E-state index in [-0.39, 0.29) is 22.2 Å². The number of hydrazine groups is 1. The van der Waals surface area contributed by atoms with Crippen LogP contribution in [-0.2, 0) is 0 Å². The molecular formula is C12H15BrF2N4. The zero-order valence-electron chi connectivity index (χ0n) is 10.2. The maximum absolute atomic E-state index is 13.7. The Morgan fingerprint density at radius 2 is 1.95 bits per heavy atom. The number of hydrogen-bond donors (Lipinski definition) is 3. The first-order valence-corrected chi connectivity index (χ1v) is 6.85. The number of guanidine groups is 1. The molecule has 0 unspecified atom stereocenters. The number of hydrogen-bond acceptors (Lipinski definition) is 2. The fourth-order valence-electron chi connectivity index (χ4n) is 2.07. The van der Waals surface area contributed by atoms with Gasteiger partial charge in [0.2, 0.25) is 5.96 Å². The number of anilines is 1. The second kappa shape index (κ2) is 6.29.